The molecule has 3 aromatic carbocycles. The molecule has 2 heterocycles. The van der Waals surface area contributed by atoms with Crippen molar-refractivity contribution in [3.8, 4) is 0 Å². The molecule has 1 aliphatic rings. The van der Waals surface area contributed by atoms with Crippen LogP contribution in [0.1, 0.15) is 33.9 Å². The molecule has 6 nitrogen and oxygen atoms in total. The van der Waals surface area contributed by atoms with Crippen LogP contribution in [0.2, 0.25) is 5.02 Å². The van der Waals surface area contributed by atoms with Crippen molar-refractivity contribution < 1.29 is 9.59 Å². The lowest BCUT2D eigenvalue weighted by molar-refractivity contribution is -0.122. The highest BCUT2D eigenvalue weighted by Gasteiger charge is 2.36. The molecule has 4 aromatic rings. The van der Waals surface area contributed by atoms with E-state index in [1.54, 1.807) is 19.4 Å². The molecule has 1 fully saturated rings. The van der Waals surface area contributed by atoms with E-state index >= 15 is 0 Å². The smallest absolute Gasteiger partial charge is 0.256 e. The molecule has 2 amide bonds. The van der Waals surface area contributed by atoms with Gasteiger partial charge in [0.25, 0.3) is 5.91 Å². The first-order valence-corrected chi connectivity index (χ1v) is 12.8. The molecule has 1 N–H and O–H groups in total. The van der Waals surface area contributed by atoms with Gasteiger partial charge in [0, 0.05) is 61.9 Å². The summed E-state index contributed by atoms with van der Waals surface area (Å²) in [5.41, 5.74) is 2.81. The van der Waals surface area contributed by atoms with Gasteiger partial charge in [0.2, 0.25) is 5.91 Å². The second-order valence-electron chi connectivity index (χ2n) is 9.29. The van der Waals surface area contributed by atoms with Crippen molar-refractivity contribution >= 4 is 34.2 Å². The Kier molecular flexibility index (Phi) is 7.49. The number of hydrogen-bond acceptors (Lipinski definition) is 4. The standard InChI is InChI=1S/C30H29ClN4O2/c1-32-28(36)17-25-20-34(30(37)27-19-33-18-23-9-5-6-10-26(23)27)15-16-35(25)29(21-7-3-2-4-8-21)22-11-13-24(31)14-12-22/h2-14,18-19,25,29H,15-17,20H2,1H3,(H,32,36)/t25-,29+/m1/s1. The lowest BCUT2D eigenvalue weighted by Gasteiger charge is -2.45. The number of benzene rings is 3. The Morgan fingerprint density at radius 2 is 1.65 bits per heavy atom. The summed E-state index contributed by atoms with van der Waals surface area (Å²) in [6.07, 6.45) is 3.70. The molecule has 0 bridgehead atoms. The fourth-order valence-electron chi connectivity index (χ4n) is 5.20. The topological polar surface area (TPSA) is 65.5 Å². The van der Waals surface area contributed by atoms with Gasteiger partial charge >= 0.3 is 0 Å². The van der Waals surface area contributed by atoms with Crippen molar-refractivity contribution in [3.05, 3.63) is 113 Å². The lowest BCUT2D eigenvalue weighted by Crippen LogP contribution is -2.56. The maximum Gasteiger partial charge on any atom is 0.256 e. The Labute approximate surface area is 221 Å². The van der Waals surface area contributed by atoms with Crippen molar-refractivity contribution in [1.82, 2.24) is 20.1 Å². The molecular weight excluding hydrogens is 484 g/mol. The molecule has 0 aliphatic carbocycles. The fraction of sp³-hybridized carbons (Fsp3) is 0.233. The van der Waals surface area contributed by atoms with Crippen molar-refractivity contribution in [2.45, 2.75) is 18.5 Å². The third-order valence-electron chi connectivity index (χ3n) is 7.05. The van der Waals surface area contributed by atoms with E-state index in [2.05, 4.69) is 27.3 Å². The van der Waals surface area contributed by atoms with E-state index in [0.717, 1.165) is 21.9 Å². The minimum atomic E-state index is -0.179. The second kappa shape index (κ2) is 11.1. The highest BCUT2D eigenvalue weighted by Crippen LogP contribution is 2.34. The molecule has 2 atom stereocenters. The van der Waals surface area contributed by atoms with Crippen LogP contribution in [0.3, 0.4) is 0 Å². The molecular formula is C30H29ClN4O2. The Morgan fingerprint density at radius 1 is 0.946 bits per heavy atom. The minimum absolute atomic E-state index is 0.0564. The first kappa shape index (κ1) is 24.9. The summed E-state index contributed by atoms with van der Waals surface area (Å²) in [5.74, 6) is -0.118. The normalized spacial score (nSPS) is 16.9. The summed E-state index contributed by atoms with van der Waals surface area (Å²) < 4.78 is 0. The van der Waals surface area contributed by atoms with Crippen LogP contribution in [-0.4, -0.2) is 59.3 Å². The molecule has 37 heavy (non-hydrogen) atoms. The van der Waals surface area contributed by atoms with Crippen LogP contribution in [0.5, 0.6) is 0 Å². The van der Waals surface area contributed by atoms with Crippen LogP contribution < -0.4 is 5.32 Å². The Bertz CT molecular complexity index is 1390. The van der Waals surface area contributed by atoms with E-state index in [-0.39, 0.29) is 30.3 Å². The summed E-state index contributed by atoms with van der Waals surface area (Å²) in [6, 6.07) is 25.7. The third-order valence-corrected chi connectivity index (χ3v) is 7.30. The number of amides is 2. The van der Waals surface area contributed by atoms with Crippen LogP contribution in [0.25, 0.3) is 10.8 Å². The number of nitrogens with one attached hydrogen (secondary N) is 1. The molecule has 0 unspecified atom stereocenters. The maximum absolute atomic E-state index is 13.7. The number of carbonyl (C=O) groups excluding carboxylic acids is 2. The zero-order valence-electron chi connectivity index (χ0n) is 20.7. The summed E-state index contributed by atoms with van der Waals surface area (Å²) in [6.45, 7) is 1.60. The molecule has 0 radical (unpaired) electrons. The largest absolute Gasteiger partial charge is 0.359 e. The Balaban J connectivity index is 1.49. The zero-order valence-corrected chi connectivity index (χ0v) is 21.4. The first-order valence-electron chi connectivity index (χ1n) is 12.4. The van der Waals surface area contributed by atoms with E-state index in [4.69, 9.17) is 11.6 Å². The van der Waals surface area contributed by atoms with E-state index in [1.807, 2.05) is 71.6 Å². The average molecular weight is 513 g/mol. The summed E-state index contributed by atoms with van der Waals surface area (Å²) in [4.78, 5) is 34.9. The van der Waals surface area contributed by atoms with Crippen molar-refractivity contribution in [2.24, 2.45) is 0 Å². The van der Waals surface area contributed by atoms with E-state index in [0.29, 0.717) is 30.2 Å². The summed E-state index contributed by atoms with van der Waals surface area (Å²) in [5, 5.41) is 5.26. The van der Waals surface area contributed by atoms with Crippen LogP contribution >= 0.6 is 11.6 Å². The van der Waals surface area contributed by atoms with E-state index < -0.39 is 0 Å². The van der Waals surface area contributed by atoms with Crippen molar-refractivity contribution in [1.29, 1.82) is 0 Å². The number of aromatic nitrogens is 1. The van der Waals surface area contributed by atoms with Crippen LogP contribution in [0.15, 0.2) is 91.3 Å². The molecule has 0 saturated carbocycles. The van der Waals surface area contributed by atoms with Gasteiger partial charge in [-0.05, 0) is 28.6 Å². The van der Waals surface area contributed by atoms with Crippen LogP contribution in [0, 0.1) is 0 Å². The van der Waals surface area contributed by atoms with Gasteiger partial charge in [-0.1, -0.05) is 78.3 Å². The predicted octanol–water partition coefficient (Wildman–Crippen LogP) is 4.94. The number of halogens is 1. The predicted molar refractivity (Wildman–Crippen MR) is 147 cm³/mol. The lowest BCUT2D eigenvalue weighted by atomic mass is 9.93. The first-order chi connectivity index (χ1) is 18.0. The van der Waals surface area contributed by atoms with Gasteiger partial charge in [0.15, 0.2) is 0 Å². The van der Waals surface area contributed by atoms with Crippen LogP contribution in [-0.2, 0) is 4.79 Å². The van der Waals surface area contributed by atoms with Gasteiger partial charge in [0.1, 0.15) is 0 Å². The third kappa shape index (κ3) is 5.36. The molecule has 7 heteroatoms. The second-order valence-corrected chi connectivity index (χ2v) is 9.73. The SMILES string of the molecule is CNC(=O)C[C@@H]1CN(C(=O)c2cncc3ccccc23)CCN1[C@@H](c1ccccc1)c1ccc(Cl)cc1. The zero-order chi connectivity index (χ0) is 25.8. The number of hydrogen-bond donors (Lipinski definition) is 1. The van der Waals surface area contributed by atoms with Crippen LogP contribution in [0.4, 0.5) is 0 Å². The number of carbonyl (C=O) groups is 2. The van der Waals surface area contributed by atoms with Gasteiger partial charge < -0.3 is 10.2 Å². The average Bonchev–Trinajstić information content (AvgIpc) is 2.94. The van der Waals surface area contributed by atoms with Gasteiger partial charge in [-0.2, -0.15) is 0 Å². The number of rotatable bonds is 6. The highest BCUT2D eigenvalue weighted by atomic mass is 35.5. The van der Waals surface area contributed by atoms with Crippen molar-refractivity contribution in [3.63, 3.8) is 0 Å². The number of pyridine rings is 1. The Hall–Kier alpha value is -3.74. The number of fused-ring (bicyclic) bond motifs is 1. The fourth-order valence-corrected chi connectivity index (χ4v) is 5.33. The van der Waals surface area contributed by atoms with Gasteiger partial charge in [-0.25, -0.2) is 0 Å². The van der Waals surface area contributed by atoms with Gasteiger partial charge in [-0.15, -0.1) is 0 Å². The molecule has 0 spiro atoms. The van der Waals surface area contributed by atoms with Gasteiger partial charge in [-0.3, -0.25) is 19.5 Å². The summed E-state index contributed by atoms with van der Waals surface area (Å²) >= 11 is 6.20. The molecule has 1 aliphatic heterocycles. The Morgan fingerprint density at radius 3 is 2.41 bits per heavy atom. The van der Waals surface area contributed by atoms with E-state index in [1.165, 1.54) is 0 Å². The molecule has 188 valence electrons. The highest BCUT2D eigenvalue weighted by molar-refractivity contribution is 6.30. The molecule has 1 saturated heterocycles. The monoisotopic (exact) mass is 512 g/mol. The van der Waals surface area contributed by atoms with E-state index in [9.17, 15) is 9.59 Å². The molecule has 1 aromatic heterocycles. The van der Waals surface area contributed by atoms with Gasteiger partial charge in [0.05, 0.1) is 11.6 Å². The summed E-state index contributed by atoms with van der Waals surface area (Å²) in [7, 11) is 1.65. The number of nitrogens with zero attached hydrogens (tertiary/aromatic N) is 3. The maximum atomic E-state index is 13.7. The number of piperazine rings is 1. The van der Waals surface area contributed by atoms with Crippen molar-refractivity contribution in [2.75, 3.05) is 26.7 Å². The molecule has 5 rings (SSSR count). The minimum Gasteiger partial charge on any atom is -0.359 e. The quantitative estimate of drug-likeness (QED) is 0.397.